The van der Waals surface area contributed by atoms with Gasteiger partial charge in [0.25, 0.3) is 0 Å². The van der Waals surface area contributed by atoms with E-state index in [1.165, 1.54) is 0 Å². The Labute approximate surface area is 117 Å². The molecule has 0 spiro atoms. The number of hydrogen-bond acceptors (Lipinski definition) is 3. The lowest BCUT2D eigenvalue weighted by Gasteiger charge is -2.08. The van der Waals surface area contributed by atoms with Gasteiger partial charge in [-0.3, -0.25) is 4.79 Å². The first-order chi connectivity index (χ1) is 9.60. The second kappa shape index (κ2) is 6.00. The minimum Gasteiger partial charge on any atom is -0.480 e. The van der Waals surface area contributed by atoms with Gasteiger partial charge in [0.05, 0.1) is 11.6 Å². The van der Waals surface area contributed by atoms with Crippen LogP contribution in [0, 0.1) is 11.3 Å². The second-order valence-corrected chi connectivity index (χ2v) is 4.54. The third-order valence-corrected chi connectivity index (χ3v) is 3.02. The molecule has 0 unspecified atom stereocenters. The van der Waals surface area contributed by atoms with Gasteiger partial charge < -0.3 is 10.8 Å². The molecule has 2 aromatic rings. The Morgan fingerprint density at radius 1 is 1.20 bits per heavy atom. The molecule has 0 aliphatic heterocycles. The van der Waals surface area contributed by atoms with Gasteiger partial charge >= 0.3 is 5.97 Å². The maximum absolute atomic E-state index is 10.8. The van der Waals surface area contributed by atoms with Crippen molar-refractivity contribution in [1.29, 1.82) is 5.26 Å². The number of hydrogen-bond donors (Lipinski definition) is 2. The zero-order chi connectivity index (χ0) is 14.5. The van der Waals surface area contributed by atoms with Crippen molar-refractivity contribution in [3.05, 3.63) is 59.7 Å². The lowest BCUT2D eigenvalue weighted by atomic mass is 9.99. The van der Waals surface area contributed by atoms with Crippen LogP contribution in [0.25, 0.3) is 11.1 Å². The fourth-order valence-electron chi connectivity index (χ4n) is 1.99. The van der Waals surface area contributed by atoms with Crippen molar-refractivity contribution in [1.82, 2.24) is 0 Å². The van der Waals surface area contributed by atoms with Crippen LogP contribution in [-0.4, -0.2) is 17.1 Å². The summed E-state index contributed by atoms with van der Waals surface area (Å²) in [5.74, 6) is -1.01. The summed E-state index contributed by atoms with van der Waals surface area (Å²) in [5, 5.41) is 17.7. The van der Waals surface area contributed by atoms with Gasteiger partial charge in [-0.25, -0.2) is 0 Å². The summed E-state index contributed by atoms with van der Waals surface area (Å²) in [6.07, 6.45) is 0.279. The van der Waals surface area contributed by atoms with Gasteiger partial charge in [0.1, 0.15) is 6.04 Å². The highest BCUT2D eigenvalue weighted by Crippen LogP contribution is 2.22. The van der Waals surface area contributed by atoms with Crippen LogP contribution in [0.15, 0.2) is 48.5 Å². The third-order valence-electron chi connectivity index (χ3n) is 3.02. The van der Waals surface area contributed by atoms with Crippen molar-refractivity contribution in [2.45, 2.75) is 12.5 Å². The summed E-state index contributed by atoms with van der Waals surface area (Å²) < 4.78 is 0. The molecule has 0 fully saturated rings. The summed E-state index contributed by atoms with van der Waals surface area (Å²) in [4.78, 5) is 10.8. The normalized spacial score (nSPS) is 11.6. The lowest BCUT2D eigenvalue weighted by Crippen LogP contribution is -2.32. The molecule has 2 aromatic carbocycles. The average molecular weight is 266 g/mol. The molecule has 0 bridgehead atoms. The fourth-order valence-corrected chi connectivity index (χ4v) is 1.99. The molecule has 0 radical (unpaired) electrons. The molecule has 1 atom stereocenters. The number of nitrogens with zero attached hydrogens (tertiary/aromatic N) is 1. The molecule has 100 valence electrons. The van der Waals surface area contributed by atoms with Crippen LogP contribution in [0.1, 0.15) is 11.1 Å². The Bertz CT molecular complexity index is 674. The number of nitrogens with two attached hydrogens (primary N) is 1. The molecule has 0 saturated heterocycles. The van der Waals surface area contributed by atoms with Crippen molar-refractivity contribution >= 4 is 5.97 Å². The van der Waals surface area contributed by atoms with E-state index >= 15 is 0 Å². The van der Waals surface area contributed by atoms with Crippen molar-refractivity contribution in [3.8, 4) is 17.2 Å². The largest absolute Gasteiger partial charge is 0.480 e. The first kappa shape index (κ1) is 13.8. The minimum atomic E-state index is -1.01. The average Bonchev–Trinajstić information content (AvgIpc) is 2.47. The summed E-state index contributed by atoms with van der Waals surface area (Å²) >= 11 is 0. The Kier molecular flexibility index (Phi) is 4.14. The van der Waals surface area contributed by atoms with E-state index in [4.69, 9.17) is 16.1 Å². The van der Waals surface area contributed by atoms with Gasteiger partial charge in [0.15, 0.2) is 0 Å². The number of benzene rings is 2. The molecule has 20 heavy (non-hydrogen) atoms. The molecule has 3 N–H and O–H groups in total. The monoisotopic (exact) mass is 266 g/mol. The summed E-state index contributed by atoms with van der Waals surface area (Å²) in [6.45, 7) is 0. The van der Waals surface area contributed by atoms with Gasteiger partial charge in [-0.05, 0) is 35.2 Å². The van der Waals surface area contributed by atoms with E-state index in [-0.39, 0.29) is 6.42 Å². The van der Waals surface area contributed by atoms with Crippen LogP contribution < -0.4 is 5.73 Å². The molecule has 0 heterocycles. The van der Waals surface area contributed by atoms with Crippen molar-refractivity contribution in [3.63, 3.8) is 0 Å². The molecule has 0 saturated carbocycles. The summed E-state index contributed by atoms with van der Waals surface area (Å²) in [6, 6.07) is 16.0. The van der Waals surface area contributed by atoms with E-state index in [0.717, 1.165) is 16.7 Å². The zero-order valence-electron chi connectivity index (χ0n) is 10.8. The first-order valence-electron chi connectivity index (χ1n) is 6.18. The van der Waals surface area contributed by atoms with Crippen LogP contribution in [0.2, 0.25) is 0 Å². The van der Waals surface area contributed by atoms with Crippen LogP contribution in [-0.2, 0) is 11.2 Å². The van der Waals surface area contributed by atoms with Gasteiger partial charge in [-0.1, -0.05) is 36.4 Å². The highest BCUT2D eigenvalue weighted by atomic mass is 16.4. The molecular formula is C16H14N2O2. The van der Waals surface area contributed by atoms with E-state index in [1.54, 1.807) is 12.1 Å². The van der Waals surface area contributed by atoms with Gasteiger partial charge in [-0.15, -0.1) is 0 Å². The minimum absolute atomic E-state index is 0.279. The molecule has 2 rings (SSSR count). The highest BCUT2D eigenvalue weighted by Gasteiger charge is 2.12. The van der Waals surface area contributed by atoms with Crippen LogP contribution in [0.5, 0.6) is 0 Å². The summed E-state index contributed by atoms with van der Waals surface area (Å²) in [5.41, 5.74) is 8.86. The molecule has 0 aliphatic rings. The maximum Gasteiger partial charge on any atom is 0.320 e. The van der Waals surface area contributed by atoms with Crippen molar-refractivity contribution < 1.29 is 9.90 Å². The van der Waals surface area contributed by atoms with E-state index < -0.39 is 12.0 Å². The number of carboxylic acid groups (broad SMARTS) is 1. The standard InChI is InChI=1S/C16H14N2O2/c17-10-12-4-2-6-14(8-12)13-5-1-3-11(7-13)9-15(18)16(19)20/h1-8,15H,9,18H2,(H,19,20)/t15-/m0/s1. The molecule has 4 heteroatoms. The van der Waals surface area contributed by atoms with E-state index in [0.29, 0.717) is 5.56 Å². The number of carbonyl (C=O) groups is 1. The predicted molar refractivity (Wildman–Crippen MR) is 75.9 cm³/mol. The number of aliphatic carboxylic acids is 1. The molecule has 4 nitrogen and oxygen atoms in total. The number of rotatable bonds is 4. The van der Waals surface area contributed by atoms with Gasteiger partial charge in [-0.2, -0.15) is 5.26 Å². The molecular weight excluding hydrogens is 252 g/mol. The molecule has 0 aromatic heterocycles. The van der Waals surface area contributed by atoms with Gasteiger partial charge in [0.2, 0.25) is 0 Å². The third kappa shape index (κ3) is 3.22. The SMILES string of the molecule is N#Cc1cccc(-c2cccc(C[C@H](N)C(=O)O)c2)c1. The second-order valence-electron chi connectivity index (χ2n) is 4.54. The Morgan fingerprint density at radius 2 is 1.85 bits per heavy atom. The fraction of sp³-hybridized carbons (Fsp3) is 0.125. The molecule has 0 aliphatic carbocycles. The van der Waals surface area contributed by atoms with E-state index in [2.05, 4.69) is 6.07 Å². The lowest BCUT2D eigenvalue weighted by molar-refractivity contribution is -0.138. The number of carboxylic acids is 1. The summed E-state index contributed by atoms with van der Waals surface area (Å²) in [7, 11) is 0. The van der Waals surface area contributed by atoms with Crippen LogP contribution in [0.3, 0.4) is 0 Å². The number of nitriles is 1. The van der Waals surface area contributed by atoms with E-state index in [1.807, 2.05) is 36.4 Å². The Hall–Kier alpha value is -2.64. The van der Waals surface area contributed by atoms with Crippen LogP contribution in [0.4, 0.5) is 0 Å². The maximum atomic E-state index is 10.8. The smallest absolute Gasteiger partial charge is 0.320 e. The highest BCUT2D eigenvalue weighted by molar-refractivity contribution is 5.74. The van der Waals surface area contributed by atoms with Crippen molar-refractivity contribution in [2.75, 3.05) is 0 Å². The first-order valence-corrected chi connectivity index (χ1v) is 6.18. The Balaban J connectivity index is 2.30. The Morgan fingerprint density at radius 3 is 2.50 bits per heavy atom. The quantitative estimate of drug-likeness (QED) is 0.887. The zero-order valence-corrected chi connectivity index (χ0v) is 10.8. The van der Waals surface area contributed by atoms with Gasteiger partial charge in [0, 0.05) is 0 Å². The predicted octanol–water partition coefficient (Wildman–Crippen LogP) is 2.18. The van der Waals surface area contributed by atoms with Crippen LogP contribution >= 0.6 is 0 Å². The molecule has 0 amide bonds. The van der Waals surface area contributed by atoms with Crippen molar-refractivity contribution in [2.24, 2.45) is 5.73 Å². The topological polar surface area (TPSA) is 87.1 Å². The van der Waals surface area contributed by atoms with E-state index in [9.17, 15) is 4.79 Å².